The maximum absolute atomic E-state index is 10.6. The molecule has 1 N–H and O–H groups in total. The van der Waals surface area contributed by atoms with Crippen LogP contribution in [0.15, 0.2) is 48.9 Å². The minimum absolute atomic E-state index is 0.0862. The van der Waals surface area contributed by atoms with Crippen molar-refractivity contribution in [2.24, 2.45) is 0 Å². The first-order valence-corrected chi connectivity index (χ1v) is 6.33. The van der Waals surface area contributed by atoms with Crippen molar-refractivity contribution < 1.29 is 9.90 Å². The Kier molecular flexibility index (Phi) is 3.16. The Hall–Kier alpha value is -2.69. The molecule has 0 aliphatic heterocycles. The van der Waals surface area contributed by atoms with Gasteiger partial charge in [0.25, 0.3) is 0 Å². The number of carbonyl (C=O) groups is 1. The van der Waals surface area contributed by atoms with Gasteiger partial charge in [0.05, 0.1) is 17.8 Å². The molecule has 5 nitrogen and oxygen atoms in total. The van der Waals surface area contributed by atoms with E-state index in [4.69, 9.17) is 5.11 Å². The van der Waals surface area contributed by atoms with Gasteiger partial charge >= 0.3 is 5.97 Å². The Balaban J connectivity index is 1.93. The Morgan fingerprint density at radius 1 is 1.25 bits per heavy atom. The fourth-order valence-corrected chi connectivity index (χ4v) is 2.07. The lowest BCUT2D eigenvalue weighted by molar-refractivity contribution is -0.136. The lowest BCUT2D eigenvalue weighted by Crippen LogP contribution is -1.97. The average molecular weight is 267 g/mol. The van der Waals surface area contributed by atoms with Crippen LogP contribution in [0.3, 0.4) is 0 Å². The predicted molar refractivity (Wildman–Crippen MR) is 74.4 cm³/mol. The number of aryl methyl sites for hydroxylation is 1. The Morgan fingerprint density at radius 3 is 2.80 bits per heavy atom. The van der Waals surface area contributed by atoms with Crippen LogP contribution in [-0.4, -0.2) is 25.4 Å². The molecule has 0 unspecified atom stereocenters. The second-order valence-corrected chi connectivity index (χ2v) is 4.53. The van der Waals surface area contributed by atoms with E-state index < -0.39 is 5.97 Å². The molecule has 20 heavy (non-hydrogen) atoms. The van der Waals surface area contributed by atoms with Crippen LogP contribution in [0.2, 0.25) is 0 Å². The minimum atomic E-state index is -0.815. The standard InChI is InChI=1S/C15H13N3O2/c19-15(20)7-6-12-9-18-10-16-13(8-14(18)17-12)11-4-2-1-3-5-11/h1-5,8-10H,6-7H2,(H,19,20). The number of benzene rings is 1. The molecule has 0 atom stereocenters. The Labute approximate surface area is 115 Å². The molecule has 2 heterocycles. The molecule has 0 radical (unpaired) electrons. The lowest BCUT2D eigenvalue weighted by atomic mass is 10.1. The molecular formula is C15H13N3O2. The first-order chi connectivity index (χ1) is 9.72. The van der Waals surface area contributed by atoms with Crippen LogP contribution in [0.25, 0.3) is 16.9 Å². The SMILES string of the molecule is O=C(O)CCc1cn2cnc(-c3ccccc3)cc2n1. The van der Waals surface area contributed by atoms with E-state index >= 15 is 0 Å². The number of rotatable bonds is 4. The summed E-state index contributed by atoms with van der Waals surface area (Å²) in [6.45, 7) is 0. The molecule has 0 spiro atoms. The number of carboxylic acids is 1. The van der Waals surface area contributed by atoms with Crippen LogP contribution in [0.4, 0.5) is 0 Å². The summed E-state index contributed by atoms with van der Waals surface area (Å²) in [5.74, 6) is -0.815. The van der Waals surface area contributed by atoms with Crippen molar-refractivity contribution in [1.29, 1.82) is 0 Å². The molecule has 1 aromatic carbocycles. The van der Waals surface area contributed by atoms with E-state index in [1.807, 2.05) is 47.0 Å². The molecule has 0 bridgehead atoms. The number of imidazole rings is 1. The highest BCUT2D eigenvalue weighted by atomic mass is 16.4. The smallest absolute Gasteiger partial charge is 0.303 e. The molecular weight excluding hydrogens is 254 g/mol. The van der Waals surface area contributed by atoms with Gasteiger partial charge in [0.15, 0.2) is 0 Å². The van der Waals surface area contributed by atoms with Crippen molar-refractivity contribution in [1.82, 2.24) is 14.4 Å². The summed E-state index contributed by atoms with van der Waals surface area (Å²) < 4.78 is 1.81. The molecule has 0 saturated heterocycles. The molecule has 0 aliphatic rings. The van der Waals surface area contributed by atoms with Crippen LogP contribution in [0.5, 0.6) is 0 Å². The number of hydrogen-bond donors (Lipinski definition) is 1. The highest BCUT2D eigenvalue weighted by molar-refractivity contribution is 5.67. The van der Waals surface area contributed by atoms with Crippen molar-refractivity contribution in [3.63, 3.8) is 0 Å². The summed E-state index contributed by atoms with van der Waals surface area (Å²) in [5.41, 5.74) is 3.43. The summed E-state index contributed by atoms with van der Waals surface area (Å²) in [5, 5.41) is 8.70. The van der Waals surface area contributed by atoms with Gasteiger partial charge in [-0.2, -0.15) is 0 Å². The number of fused-ring (bicyclic) bond motifs is 1. The van der Waals surface area contributed by atoms with Crippen LogP contribution < -0.4 is 0 Å². The minimum Gasteiger partial charge on any atom is -0.481 e. The van der Waals surface area contributed by atoms with Gasteiger partial charge in [-0.1, -0.05) is 30.3 Å². The number of hydrogen-bond acceptors (Lipinski definition) is 3. The normalized spacial score (nSPS) is 10.8. The maximum atomic E-state index is 10.6. The van der Waals surface area contributed by atoms with Crippen LogP contribution >= 0.6 is 0 Å². The summed E-state index contributed by atoms with van der Waals surface area (Å²) in [7, 11) is 0. The number of carboxylic acid groups (broad SMARTS) is 1. The monoisotopic (exact) mass is 267 g/mol. The zero-order valence-electron chi connectivity index (χ0n) is 10.7. The van der Waals surface area contributed by atoms with Crippen molar-refractivity contribution in [3.05, 3.63) is 54.6 Å². The van der Waals surface area contributed by atoms with Gasteiger partial charge in [0.2, 0.25) is 0 Å². The molecule has 0 fully saturated rings. The predicted octanol–water partition coefficient (Wildman–Crippen LogP) is 2.41. The third kappa shape index (κ3) is 2.51. The van der Waals surface area contributed by atoms with Gasteiger partial charge in [-0.15, -0.1) is 0 Å². The zero-order chi connectivity index (χ0) is 13.9. The quantitative estimate of drug-likeness (QED) is 0.788. The van der Waals surface area contributed by atoms with Gasteiger partial charge in [-0.05, 0) is 0 Å². The van der Waals surface area contributed by atoms with Gasteiger partial charge in [-0.25, -0.2) is 9.97 Å². The lowest BCUT2D eigenvalue weighted by Gasteiger charge is -2.00. The van der Waals surface area contributed by atoms with E-state index in [1.54, 1.807) is 6.33 Å². The zero-order valence-corrected chi connectivity index (χ0v) is 10.7. The largest absolute Gasteiger partial charge is 0.481 e. The van der Waals surface area contributed by atoms with Crippen molar-refractivity contribution in [2.45, 2.75) is 12.8 Å². The average Bonchev–Trinajstić information content (AvgIpc) is 2.88. The Bertz CT molecular complexity index is 750. The van der Waals surface area contributed by atoms with E-state index in [0.717, 1.165) is 22.6 Å². The molecule has 0 amide bonds. The molecule has 2 aromatic heterocycles. The number of aliphatic carboxylic acids is 1. The molecule has 3 rings (SSSR count). The maximum Gasteiger partial charge on any atom is 0.303 e. The van der Waals surface area contributed by atoms with Crippen LogP contribution in [0.1, 0.15) is 12.1 Å². The first-order valence-electron chi connectivity index (χ1n) is 6.33. The van der Waals surface area contributed by atoms with Crippen molar-refractivity contribution in [2.75, 3.05) is 0 Å². The fourth-order valence-electron chi connectivity index (χ4n) is 2.07. The summed E-state index contributed by atoms with van der Waals surface area (Å²) in [4.78, 5) is 19.4. The number of nitrogens with zero attached hydrogens (tertiary/aromatic N) is 3. The van der Waals surface area contributed by atoms with E-state index in [1.165, 1.54) is 0 Å². The van der Waals surface area contributed by atoms with E-state index in [0.29, 0.717) is 6.42 Å². The van der Waals surface area contributed by atoms with Crippen molar-refractivity contribution in [3.8, 4) is 11.3 Å². The second-order valence-electron chi connectivity index (χ2n) is 4.53. The third-order valence-corrected chi connectivity index (χ3v) is 3.06. The summed E-state index contributed by atoms with van der Waals surface area (Å²) in [6.07, 6.45) is 4.04. The first kappa shape index (κ1) is 12.3. The Morgan fingerprint density at radius 2 is 2.05 bits per heavy atom. The third-order valence-electron chi connectivity index (χ3n) is 3.06. The highest BCUT2D eigenvalue weighted by Gasteiger charge is 2.06. The van der Waals surface area contributed by atoms with Crippen molar-refractivity contribution >= 4 is 11.6 Å². The molecule has 100 valence electrons. The molecule has 0 saturated carbocycles. The number of aromatic nitrogens is 3. The molecule has 3 aromatic rings. The van der Waals surface area contributed by atoms with Gasteiger partial charge in [-0.3, -0.25) is 9.20 Å². The molecule has 0 aliphatic carbocycles. The van der Waals surface area contributed by atoms with Gasteiger partial charge in [0, 0.05) is 24.2 Å². The summed E-state index contributed by atoms with van der Waals surface area (Å²) >= 11 is 0. The van der Waals surface area contributed by atoms with E-state index in [2.05, 4.69) is 9.97 Å². The second kappa shape index (κ2) is 5.13. The topological polar surface area (TPSA) is 67.5 Å². The fraction of sp³-hybridized carbons (Fsp3) is 0.133. The molecule has 5 heteroatoms. The van der Waals surface area contributed by atoms with E-state index in [9.17, 15) is 4.79 Å². The van der Waals surface area contributed by atoms with E-state index in [-0.39, 0.29) is 6.42 Å². The van der Waals surface area contributed by atoms with Gasteiger partial charge in [0.1, 0.15) is 12.0 Å². The summed E-state index contributed by atoms with van der Waals surface area (Å²) in [6, 6.07) is 11.8. The van der Waals surface area contributed by atoms with Crippen LogP contribution in [0, 0.1) is 0 Å². The van der Waals surface area contributed by atoms with Gasteiger partial charge < -0.3 is 5.11 Å². The van der Waals surface area contributed by atoms with Crippen LogP contribution in [-0.2, 0) is 11.2 Å². The highest BCUT2D eigenvalue weighted by Crippen LogP contribution is 2.18.